The lowest BCUT2D eigenvalue weighted by molar-refractivity contribution is 0.101. The minimum Gasteiger partial charge on any atom is -0.378 e. The van der Waals surface area contributed by atoms with Crippen LogP contribution in [0, 0.1) is 0 Å². The van der Waals surface area contributed by atoms with Gasteiger partial charge in [-0.05, 0) is 37.3 Å². The van der Waals surface area contributed by atoms with Crippen molar-refractivity contribution < 1.29 is 17.9 Å². The van der Waals surface area contributed by atoms with E-state index in [1.54, 1.807) is 24.3 Å². The molecule has 0 bridgehead atoms. The Kier molecular flexibility index (Phi) is 5.06. The molecule has 0 saturated carbocycles. The van der Waals surface area contributed by atoms with Crippen LogP contribution in [0.1, 0.15) is 17.3 Å². The Hall–Kier alpha value is -2.38. The molecule has 1 N–H and O–H groups in total. The fraction of sp³-hybridized carbons (Fsp3) is 0.278. The van der Waals surface area contributed by atoms with E-state index in [1.807, 2.05) is 12.1 Å². The average Bonchev–Trinajstić information content (AvgIpc) is 2.62. The van der Waals surface area contributed by atoms with Crippen LogP contribution in [-0.2, 0) is 14.8 Å². The van der Waals surface area contributed by atoms with E-state index >= 15 is 0 Å². The second kappa shape index (κ2) is 7.25. The zero-order valence-corrected chi connectivity index (χ0v) is 14.8. The van der Waals surface area contributed by atoms with Gasteiger partial charge >= 0.3 is 0 Å². The van der Waals surface area contributed by atoms with Crippen molar-refractivity contribution in [1.29, 1.82) is 0 Å². The zero-order chi connectivity index (χ0) is 17.9. The van der Waals surface area contributed by atoms with Crippen LogP contribution in [-0.4, -0.2) is 40.5 Å². The number of hydrogen-bond donors (Lipinski definition) is 1. The molecule has 0 amide bonds. The molecular weight excluding hydrogens is 340 g/mol. The number of nitrogens with one attached hydrogen (secondary N) is 1. The smallest absolute Gasteiger partial charge is 0.261 e. The highest BCUT2D eigenvalue weighted by atomic mass is 32.2. The van der Waals surface area contributed by atoms with Crippen LogP contribution in [0.3, 0.4) is 0 Å². The molecule has 1 fully saturated rings. The van der Waals surface area contributed by atoms with E-state index in [0.29, 0.717) is 24.5 Å². The summed E-state index contributed by atoms with van der Waals surface area (Å²) in [4.78, 5) is 13.7. The van der Waals surface area contributed by atoms with E-state index < -0.39 is 10.0 Å². The summed E-state index contributed by atoms with van der Waals surface area (Å²) in [6, 6.07) is 13.3. The van der Waals surface area contributed by atoms with Crippen molar-refractivity contribution >= 4 is 27.2 Å². The number of hydrogen-bond acceptors (Lipinski definition) is 5. The maximum atomic E-state index is 12.6. The van der Waals surface area contributed by atoms with E-state index in [0.717, 1.165) is 18.8 Å². The minimum atomic E-state index is -3.76. The number of sulfonamides is 1. The molecule has 0 aliphatic carbocycles. The number of carbonyl (C=O) groups is 1. The fourth-order valence-corrected chi connectivity index (χ4v) is 3.78. The van der Waals surface area contributed by atoms with Crippen LogP contribution in [0.5, 0.6) is 0 Å². The van der Waals surface area contributed by atoms with Gasteiger partial charge in [0.15, 0.2) is 5.78 Å². The summed E-state index contributed by atoms with van der Waals surface area (Å²) in [5.41, 5.74) is 1.79. The maximum Gasteiger partial charge on any atom is 0.261 e. The van der Waals surface area contributed by atoms with Gasteiger partial charge in [0, 0.05) is 24.3 Å². The van der Waals surface area contributed by atoms with Crippen molar-refractivity contribution in [1.82, 2.24) is 0 Å². The monoisotopic (exact) mass is 360 g/mol. The second-order valence-corrected chi connectivity index (χ2v) is 7.52. The van der Waals surface area contributed by atoms with Gasteiger partial charge in [-0.1, -0.05) is 18.2 Å². The van der Waals surface area contributed by atoms with Crippen molar-refractivity contribution in [3.05, 3.63) is 54.1 Å². The molecule has 3 rings (SSSR count). The van der Waals surface area contributed by atoms with Crippen LogP contribution in [0.2, 0.25) is 0 Å². The third kappa shape index (κ3) is 4.18. The Labute approximate surface area is 147 Å². The highest BCUT2D eigenvalue weighted by molar-refractivity contribution is 7.92. The summed E-state index contributed by atoms with van der Waals surface area (Å²) < 4.78 is 33.1. The van der Waals surface area contributed by atoms with E-state index in [-0.39, 0.29) is 10.7 Å². The molecule has 2 aromatic rings. The number of carbonyl (C=O) groups excluding carboxylic acids is 1. The predicted molar refractivity (Wildman–Crippen MR) is 96.7 cm³/mol. The molecular formula is C18H20N2O4S. The van der Waals surface area contributed by atoms with Gasteiger partial charge in [0.25, 0.3) is 10.0 Å². The first kappa shape index (κ1) is 17.4. The van der Waals surface area contributed by atoms with Gasteiger partial charge in [-0.3, -0.25) is 9.52 Å². The summed E-state index contributed by atoms with van der Waals surface area (Å²) >= 11 is 0. The number of rotatable bonds is 5. The number of Topliss-reactive ketones (excluding diaryl/α,β-unsaturated/α-hetero) is 1. The van der Waals surface area contributed by atoms with E-state index in [2.05, 4.69) is 9.62 Å². The molecule has 1 aliphatic heterocycles. The molecule has 132 valence electrons. The third-order valence-corrected chi connectivity index (χ3v) is 5.40. The summed E-state index contributed by atoms with van der Waals surface area (Å²) in [7, 11) is -3.76. The van der Waals surface area contributed by atoms with E-state index in [4.69, 9.17) is 4.74 Å². The number of benzene rings is 2. The van der Waals surface area contributed by atoms with Crippen molar-refractivity contribution in [2.45, 2.75) is 11.8 Å². The first-order chi connectivity index (χ1) is 12.0. The van der Waals surface area contributed by atoms with Crippen molar-refractivity contribution in [3.63, 3.8) is 0 Å². The fourth-order valence-electron chi connectivity index (χ4n) is 2.68. The van der Waals surface area contributed by atoms with Crippen LogP contribution in [0.4, 0.5) is 11.4 Å². The normalized spacial score (nSPS) is 15.0. The Morgan fingerprint density at radius 3 is 2.52 bits per heavy atom. The first-order valence-electron chi connectivity index (χ1n) is 8.02. The minimum absolute atomic E-state index is 0.0666. The van der Waals surface area contributed by atoms with Crippen LogP contribution in [0.25, 0.3) is 0 Å². The summed E-state index contributed by atoms with van der Waals surface area (Å²) in [5, 5.41) is 0. The molecule has 1 aliphatic rings. The molecule has 0 radical (unpaired) electrons. The molecule has 0 aromatic heterocycles. The van der Waals surface area contributed by atoms with Crippen LogP contribution < -0.4 is 9.62 Å². The molecule has 0 atom stereocenters. The molecule has 1 saturated heterocycles. The SMILES string of the molecule is CC(=O)c1cccc(S(=O)(=O)Nc2cccc(N3CCOCC3)c2)c1. The molecule has 7 heteroatoms. The number of ether oxygens (including phenoxy) is 1. The van der Waals surface area contributed by atoms with Gasteiger partial charge in [0.1, 0.15) is 0 Å². The highest BCUT2D eigenvalue weighted by Gasteiger charge is 2.17. The largest absolute Gasteiger partial charge is 0.378 e. The molecule has 25 heavy (non-hydrogen) atoms. The van der Waals surface area contributed by atoms with Gasteiger partial charge in [-0.15, -0.1) is 0 Å². The topological polar surface area (TPSA) is 75.7 Å². The summed E-state index contributed by atoms with van der Waals surface area (Å²) in [6.07, 6.45) is 0. The zero-order valence-electron chi connectivity index (χ0n) is 13.9. The van der Waals surface area contributed by atoms with Gasteiger partial charge in [-0.2, -0.15) is 0 Å². The summed E-state index contributed by atoms with van der Waals surface area (Å²) in [5.74, 6) is -0.175. The van der Waals surface area contributed by atoms with E-state index in [1.165, 1.54) is 19.1 Å². The Morgan fingerprint density at radius 2 is 1.80 bits per heavy atom. The highest BCUT2D eigenvalue weighted by Crippen LogP contribution is 2.23. The van der Waals surface area contributed by atoms with Crippen molar-refractivity contribution in [2.24, 2.45) is 0 Å². The summed E-state index contributed by atoms with van der Waals surface area (Å²) in [6.45, 7) is 4.28. The number of anilines is 2. The third-order valence-electron chi connectivity index (χ3n) is 4.03. The Balaban J connectivity index is 1.83. The van der Waals surface area contributed by atoms with Gasteiger partial charge in [-0.25, -0.2) is 8.42 Å². The Bertz CT molecular complexity index is 874. The molecule has 0 spiro atoms. The van der Waals surface area contributed by atoms with E-state index in [9.17, 15) is 13.2 Å². The van der Waals surface area contributed by atoms with Crippen LogP contribution >= 0.6 is 0 Å². The maximum absolute atomic E-state index is 12.6. The van der Waals surface area contributed by atoms with Gasteiger partial charge in [0.2, 0.25) is 0 Å². The second-order valence-electron chi connectivity index (χ2n) is 5.84. The van der Waals surface area contributed by atoms with Crippen molar-refractivity contribution in [3.8, 4) is 0 Å². The lowest BCUT2D eigenvalue weighted by atomic mass is 10.2. The van der Waals surface area contributed by atoms with Gasteiger partial charge in [0.05, 0.1) is 23.8 Å². The lowest BCUT2D eigenvalue weighted by Crippen LogP contribution is -2.36. The van der Waals surface area contributed by atoms with Crippen LogP contribution in [0.15, 0.2) is 53.4 Å². The first-order valence-corrected chi connectivity index (χ1v) is 9.51. The average molecular weight is 360 g/mol. The molecule has 2 aromatic carbocycles. The number of nitrogens with zero attached hydrogens (tertiary/aromatic N) is 1. The molecule has 0 unspecified atom stereocenters. The lowest BCUT2D eigenvalue weighted by Gasteiger charge is -2.29. The van der Waals surface area contributed by atoms with Crippen molar-refractivity contribution in [2.75, 3.05) is 35.9 Å². The predicted octanol–water partition coefficient (Wildman–Crippen LogP) is 2.53. The van der Waals surface area contributed by atoms with Gasteiger partial charge < -0.3 is 9.64 Å². The Morgan fingerprint density at radius 1 is 1.08 bits per heavy atom. The number of ketones is 1. The molecule has 6 nitrogen and oxygen atoms in total. The quantitative estimate of drug-likeness (QED) is 0.829. The molecule has 1 heterocycles. The standard InChI is InChI=1S/C18H20N2O4S/c1-14(21)15-4-2-7-18(12-15)25(22,23)19-16-5-3-6-17(13-16)20-8-10-24-11-9-20/h2-7,12-13,19H,8-11H2,1H3. The number of morpholine rings is 1.